The fraction of sp³-hybridized carbons (Fsp3) is 0.444. The molecule has 2 aromatic rings. The summed E-state index contributed by atoms with van der Waals surface area (Å²) in [5.41, 5.74) is -0.258. The molecule has 0 spiro atoms. The van der Waals surface area contributed by atoms with Crippen molar-refractivity contribution in [2.75, 3.05) is 33.3 Å². The maximum Gasteiger partial charge on any atom is 0.321 e. The number of alkyl halides is 1. The van der Waals surface area contributed by atoms with Gasteiger partial charge in [-0.3, -0.25) is 4.90 Å². The molecule has 0 aliphatic carbocycles. The van der Waals surface area contributed by atoms with Gasteiger partial charge in [-0.25, -0.2) is 18.0 Å². The highest BCUT2D eigenvalue weighted by Gasteiger charge is 2.47. The van der Waals surface area contributed by atoms with E-state index in [-0.39, 0.29) is 24.7 Å². The minimum Gasteiger partial charge on any atom is -0.393 e. The van der Waals surface area contributed by atoms with Crippen LogP contribution in [0, 0.1) is 11.6 Å². The lowest BCUT2D eigenvalue weighted by Gasteiger charge is -2.44. The van der Waals surface area contributed by atoms with Crippen molar-refractivity contribution >= 4 is 11.6 Å². The van der Waals surface area contributed by atoms with Crippen molar-refractivity contribution in [2.24, 2.45) is 0 Å². The summed E-state index contributed by atoms with van der Waals surface area (Å²) in [4.78, 5) is 18.7. The quantitative estimate of drug-likeness (QED) is 0.679. The monoisotopic (exact) mass is 487 g/mol. The van der Waals surface area contributed by atoms with Gasteiger partial charge in [-0.15, -0.1) is 0 Å². The molecule has 0 saturated carbocycles. The number of hydrogen-bond acceptors (Lipinski definition) is 3. The number of hydrogen-bond donors (Lipinski definition) is 1. The van der Waals surface area contributed by atoms with Crippen molar-refractivity contribution in [3.05, 3.63) is 77.4 Å². The van der Waals surface area contributed by atoms with E-state index in [0.717, 1.165) is 18.2 Å². The maximum absolute atomic E-state index is 15.2. The zero-order valence-corrected chi connectivity index (χ0v) is 20.3. The van der Waals surface area contributed by atoms with Crippen molar-refractivity contribution in [3.63, 3.8) is 0 Å². The second-order valence-corrected chi connectivity index (χ2v) is 9.68. The molecule has 35 heavy (non-hydrogen) atoms. The van der Waals surface area contributed by atoms with Crippen molar-refractivity contribution < 1.29 is 23.1 Å². The molecule has 8 heteroatoms. The summed E-state index contributed by atoms with van der Waals surface area (Å²) >= 11 is 0. The lowest BCUT2D eigenvalue weighted by atomic mass is 9.89. The van der Waals surface area contributed by atoms with E-state index in [0.29, 0.717) is 24.1 Å². The van der Waals surface area contributed by atoms with E-state index in [1.54, 1.807) is 37.4 Å². The van der Waals surface area contributed by atoms with Crippen molar-refractivity contribution in [1.29, 1.82) is 0 Å². The zero-order valence-electron chi connectivity index (χ0n) is 20.3. The number of likely N-dealkylation sites (tertiary alicyclic amines) is 1. The first-order chi connectivity index (χ1) is 16.7. The fourth-order valence-corrected chi connectivity index (χ4v) is 5.21. The lowest BCUT2D eigenvalue weighted by molar-refractivity contribution is 0.0272. The standard InChI is InChI=1S/C27H32F3N3O2/c1-18(2)32-12-11-25(24(30)16-32)31(3)26(35)33-15-19(22-13-21(28)9-10-23(22)29)14-27(33,17-34)20-7-5-4-6-8-20/h4-10,13-14,18,24-25,34H,11-12,15-17H2,1-3H3/t24?,25?,27-/m1/s1. The molecule has 1 N–H and O–H groups in total. The van der Waals surface area contributed by atoms with E-state index < -0.39 is 42.0 Å². The molecule has 2 aliphatic rings. The van der Waals surface area contributed by atoms with Gasteiger partial charge in [0.2, 0.25) is 0 Å². The first-order valence-corrected chi connectivity index (χ1v) is 11.9. The van der Waals surface area contributed by atoms with Gasteiger partial charge in [0.15, 0.2) is 0 Å². The first kappa shape index (κ1) is 25.3. The lowest BCUT2D eigenvalue weighted by Crippen LogP contribution is -2.59. The van der Waals surface area contributed by atoms with Gasteiger partial charge < -0.3 is 14.9 Å². The van der Waals surface area contributed by atoms with Gasteiger partial charge in [-0.05, 0) is 55.7 Å². The second-order valence-electron chi connectivity index (χ2n) is 9.68. The Morgan fingerprint density at radius 1 is 1.20 bits per heavy atom. The molecule has 3 atom stereocenters. The minimum absolute atomic E-state index is 0.0327. The van der Waals surface area contributed by atoms with Crippen LogP contribution in [0.2, 0.25) is 0 Å². The van der Waals surface area contributed by atoms with Crippen LogP contribution in [0.3, 0.4) is 0 Å². The Kier molecular flexibility index (Phi) is 7.24. The largest absolute Gasteiger partial charge is 0.393 e. The molecule has 2 aromatic carbocycles. The summed E-state index contributed by atoms with van der Waals surface area (Å²) in [7, 11) is 1.57. The number of piperidine rings is 1. The van der Waals surface area contributed by atoms with E-state index in [1.807, 2.05) is 24.8 Å². The molecule has 1 fully saturated rings. The number of carbonyl (C=O) groups is 1. The minimum atomic E-state index is -1.30. The number of urea groups is 1. The van der Waals surface area contributed by atoms with E-state index in [9.17, 15) is 18.7 Å². The van der Waals surface area contributed by atoms with Gasteiger partial charge in [0, 0.05) is 38.3 Å². The molecule has 4 rings (SSSR count). The predicted molar refractivity (Wildman–Crippen MR) is 129 cm³/mol. The number of aliphatic hydroxyl groups excluding tert-OH is 1. The third kappa shape index (κ3) is 4.69. The third-order valence-electron chi connectivity index (χ3n) is 7.31. The van der Waals surface area contributed by atoms with Crippen LogP contribution in [-0.2, 0) is 5.54 Å². The Morgan fingerprint density at radius 3 is 2.54 bits per heavy atom. The zero-order chi connectivity index (χ0) is 25.3. The van der Waals surface area contributed by atoms with Crippen molar-refractivity contribution in [2.45, 2.75) is 44.1 Å². The predicted octanol–water partition coefficient (Wildman–Crippen LogP) is 4.42. The SMILES string of the molecule is CC(C)N1CCC(N(C)C(=O)N2CC(c3cc(F)ccc3F)=C[C@@]2(CO)c2ccccc2)C(F)C1. The fourth-order valence-electron chi connectivity index (χ4n) is 5.21. The number of rotatable bonds is 5. The van der Waals surface area contributed by atoms with Gasteiger partial charge in [0.25, 0.3) is 0 Å². The summed E-state index contributed by atoms with van der Waals surface area (Å²) in [6, 6.07) is 11.2. The Morgan fingerprint density at radius 2 is 1.91 bits per heavy atom. The van der Waals surface area contributed by atoms with Crippen LogP contribution in [0.15, 0.2) is 54.6 Å². The number of benzene rings is 2. The van der Waals surface area contributed by atoms with Crippen molar-refractivity contribution in [1.82, 2.24) is 14.7 Å². The number of amides is 2. The Labute approximate surface area is 204 Å². The number of nitrogens with zero attached hydrogens (tertiary/aromatic N) is 3. The molecule has 2 amide bonds. The van der Waals surface area contributed by atoms with Crippen LogP contribution in [0.1, 0.15) is 31.4 Å². The topological polar surface area (TPSA) is 47.0 Å². The molecule has 2 aliphatic heterocycles. The normalized spacial score (nSPS) is 25.1. The van der Waals surface area contributed by atoms with Crippen LogP contribution < -0.4 is 0 Å². The van der Waals surface area contributed by atoms with Gasteiger partial charge in [0.1, 0.15) is 23.3 Å². The summed E-state index contributed by atoms with van der Waals surface area (Å²) in [5, 5.41) is 10.6. The highest BCUT2D eigenvalue weighted by atomic mass is 19.1. The maximum atomic E-state index is 15.2. The molecule has 0 aromatic heterocycles. The summed E-state index contributed by atoms with van der Waals surface area (Å²) in [5.74, 6) is -1.22. The molecule has 5 nitrogen and oxygen atoms in total. The average molecular weight is 488 g/mol. The Bertz CT molecular complexity index is 1090. The third-order valence-corrected chi connectivity index (χ3v) is 7.31. The molecule has 0 radical (unpaired) electrons. The van der Waals surface area contributed by atoms with Gasteiger partial charge in [0.05, 0.1) is 12.6 Å². The van der Waals surface area contributed by atoms with Crippen LogP contribution in [0.25, 0.3) is 5.57 Å². The first-order valence-electron chi connectivity index (χ1n) is 11.9. The van der Waals surface area contributed by atoms with Crippen LogP contribution in [0.4, 0.5) is 18.0 Å². The number of aliphatic hydroxyl groups is 1. The molecular weight excluding hydrogens is 455 g/mol. The molecule has 1 saturated heterocycles. The number of carbonyl (C=O) groups excluding carboxylic acids is 1. The van der Waals surface area contributed by atoms with Crippen LogP contribution in [0.5, 0.6) is 0 Å². The Hall–Kier alpha value is -2.84. The van der Waals surface area contributed by atoms with E-state index in [4.69, 9.17) is 0 Å². The number of halogens is 3. The smallest absolute Gasteiger partial charge is 0.321 e. The van der Waals surface area contributed by atoms with Crippen LogP contribution in [-0.4, -0.2) is 77.4 Å². The van der Waals surface area contributed by atoms with Gasteiger partial charge >= 0.3 is 6.03 Å². The average Bonchev–Trinajstić information content (AvgIpc) is 3.26. The van der Waals surface area contributed by atoms with Gasteiger partial charge in [-0.1, -0.05) is 30.3 Å². The van der Waals surface area contributed by atoms with E-state index in [2.05, 4.69) is 0 Å². The summed E-state index contributed by atoms with van der Waals surface area (Å²) in [6.45, 7) is 4.41. The van der Waals surface area contributed by atoms with E-state index in [1.165, 1.54) is 9.80 Å². The summed E-state index contributed by atoms with van der Waals surface area (Å²) in [6.07, 6.45) is 0.877. The molecule has 0 bridgehead atoms. The van der Waals surface area contributed by atoms with Gasteiger partial charge in [-0.2, -0.15) is 0 Å². The van der Waals surface area contributed by atoms with E-state index >= 15 is 4.39 Å². The van der Waals surface area contributed by atoms with Crippen LogP contribution >= 0.6 is 0 Å². The molecule has 188 valence electrons. The highest BCUT2D eigenvalue weighted by Crippen LogP contribution is 2.41. The Balaban J connectivity index is 1.70. The molecule has 2 unspecified atom stereocenters. The molecular formula is C27H32F3N3O2. The molecule has 2 heterocycles. The second kappa shape index (κ2) is 10.0. The summed E-state index contributed by atoms with van der Waals surface area (Å²) < 4.78 is 43.8. The van der Waals surface area contributed by atoms with Crippen molar-refractivity contribution in [3.8, 4) is 0 Å². The highest BCUT2D eigenvalue weighted by molar-refractivity contribution is 5.83.